The van der Waals surface area contributed by atoms with Crippen molar-refractivity contribution >= 4 is 33.6 Å². The molecule has 2 aliphatic rings. The van der Waals surface area contributed by atoms with Crippen molar-refractivity contribution < 1.29 is 9.84 Å². The largest absolute Gasteiger partial charge is 0.460 e. The molecular formula is C19H20N4O2S. The number of nitrogens with one attached hydrogen (secondary N) is 1. The molecule has 0 spiro atoms. The van der Waals surface area contributed by atoms with Gasteiger partial charge in [0.15, 0.2) is 4.96 Å². The van der Waals surface area contributed by atoms with E-state index in [1.807, 2.05) is 28.9 Å². The molecule has 1 fully saturated rings. The Kier molecular flexibility index (Phi) is 3.74. The fourth-order valence-corrected chi connectivity index (χ4v) is 4.35. The van der Waals surface area contributed by atoms with Gasteiger partial charge in [-0.3, -0.25) is 4.40 Å². The molecule has 3 aromatic rings. The van der Waals surface area contributed by atoms with Crippen molar-refractivity contribution in [1.82, 2.24) is 14.7 Å². The first kappa shape index (κ1) is 15.9. The van der Waals surface area contributed by atoms with Crippen LogP contribution < -0.4 is 15.0 Å². The minimum absolute atomic E-state index is 0.695. The molecule has 1 unspecified atom stereocenters. The predicted octanol–water partition coefficient (Wildman–Crippen LogP) is 2.37. The number of nitrogens with zero attached hydrogens (tertiary/aromatic N) is 3. The normalized spacial score (nSPS) is 20.0. The van der Waals surface area contributed by atoms with Crippen LogP contribution in [0.2, 0.25) is 0 Å². The van der Waals surface area contributed by atoms with Gasteiger partial charge in [0.2, 0.25) is 6.29 Å². The summed E-state index contributed by atoms with van der Waals surface area (Å²) in [4.78, 5) is 9.09. The van der Waals surface area contributed by atoms with Gasteiger partial charge in [-0.25, -0.2) is 4.98 Å². The number of aryl methyl sites for hydroxylation is 1. The number of benzene rings is 1. The summed E-state index contributed by atoms with van der Waals surface area (Å²) in [5.41, 5.74) is 3.55. The molecular weight excluding hydrogens is 348 g/mol. The number of piperazine rings is 1. The number of fused-ring (bicyclic) bond motifs is 2. The highest BCUT2D eigenvalue weighted by Gasteiger charge is 2.25. The van der Waals surface area contributed by atoms with Gasteiger partial charge in [0.05, 0.1) is 5.69 Å². The molecule has 2 aliphatic heterocycles. The monoisotopic (exact) mass is 368 g/mol. The molecule has 1 atom stereocenters. The number of aliphatic hydroxyl groups excluding tert-OH is 1. The van der Waals surface area contributed by atoms with Crippen LogP contribution in [0.5, 0.6) is 5.75 Å². The number of hydrogen-bond donors (Lipinski definition) is 2. The Labute approximate surface area is 155 Å². The van der Waals surface area contributed by atoms with E-state index in [9.17, 15) is 5.11 Å². The lowest BCUT2D eigenvalue weighted by atomic mass is 10.0. The SMILES string of the molecule is Cc1cn2cc(C3=Cc4ccc(N5CCNCC5)cc4OC3O)nc2s1. The first-order chi connectivity index (χ1) is 12.7. The molecule has 0 radical (unpaired) electrons. The zero-order valence-electron chi connectivity index (χ0n) is 14.5. The standard InChI is InChI=1S/C19H20N4O2S/c1-12-10-23-11-16(21-19(23)26-12)15-8-13-2-3-14(9-17(13)25-18(15)24)22-6-4-20-5-7-22/h2-3,8-11,18,20,24H,4-7H2,1H3. The van der Waals surface area contributed by atoms with E-state index < -0.39 is 6.29 Å². The van der Waals surface area contributed by atoms with Crippen molar-refractivity contribution in [2.24, 2.45) is 0 Å². The van der Waals surface area contributed by atoms with Crippen molar-refractivity contribution in [2.45, 2.75) is 13.2 Å². The summed E-state index contributed by atoms with van der Waals surface area (Å²) in [6.45, 7) is 5.99. The first-order valence-corrected chi connectivity index (χ1v) is 9.60. The summed E-state index contributed by atoms with van der Waals surface area (Å²) >= 11 is 1.63. The first-order valence-electron chi connectivity index (χ1n) is 8.79. The average Bonchev–Trinajstić information content (AvgIpc) is 3.18. The molecule has 0 saturated carbocycles. The zero-order chi connectivity index (χ0) is 17.7. The second-order valence-electron chi connectivity index (χ2n) is 6.69. The van der Waals surface area contributed by atoms with E-state index in [4.69, 9.17) is 4.74 Å². The molecule has 1 aromatic carbocycles. The summed E-state index contributed by atoms with van der Waals surface area (Å²) in [6.07, 6.45) is 4.95. The van der Waals surface area contributed by atoms with Crippen LogP contribution in [0.15, 0.2) is 30.6 Å². The van der Waals surface area contributed by atoms with Crippen LogP contribution in [-0.4, -0.2) is 47.0 Å². The number of imidazole rings is 1. The summed E-state index contributed by atoms with van der Waals surface area (Å²) in [5.74, 6) is 0.717. The van der Waals surface area contributed by atoms with Crippen LogP contribution in [0.4, 0.5) is 5.69 Å². The lowest BCUT2D eigenvalue weighted by Crippen LogP contribution is -2.43. The van der Waals surface area contributed by atoms with Gasteiger partial charge in [0.25, 0.3) is 0 Å². The topological polar surface area (TPSA) is 62.0 Å². The molecule has 2 N–H and O–H groups in total. The lowest BCUT2D eigenvalue weighted by molar-refractivity contribution is 0.0318. The van der Waals surface area contributed by atoms with Gasteiger partial charge in [-0.15, -0.1) is 11.3 Å². The predicted molar refractivity (Wildman–Crippen MR) is 104 cm³/mol. The Balaban J connectivity index is 1.49. The number of ether oxygens (including phenoxy) is 1. The van der Waals surface area contributed by atoms with Crippen LogP contribution in [-0.2, 0) is 0 Å². The molecule has 7 heteroatoms. The van der Waals surface area contributed by atoms with E-state index in [0.717, 1.165) is 48.1 Å². The van der Waals surface area contributed by atoms with Crippen LogP contribution in [0.1, 0.15) is 16.1 Å². The molecule has 0 bridgehead atoms. The summed E-state index contributed by atoms with van der Waals surface area (Å²) in [5, 5.41) is 13.9. The number of thiazole rings is 1. The van der Waals surface area contributed by atoms with E-state index >= 15 is 0 Å². The fraction of sp³-hybridized carbons (Fsp3) is 0.316. The molecule has 6 nitrogen and oxygen atoms in total. The molecule has 26 heavy (non-hydrogen) atoms. The van der Waals surface area contributed by atoms with Gasteiger partial charge < -0.3 is 20.1 Å². The summed E-state index contributed by atoms with van der Waals surface area (Å²) < 4.78 is 7.82. The number of rotatable bonds is 2. The van der Waals surface area contributed by atoms with Crippen LogP contribution in [0, 0.1) is 6.92 Å². The van der Waals surface area contributed by atoms with E-state index in [2.05, 4.69) is 34.3 Å². The Hall–Kier alpha value is -2.35. The third-order valence-electron chi connectivity index (χ3n) is 4.86. The minimum Gasteiger partial charge on any atom is -0.460 e. The highest BCUT2D eigenvalue weighted by Crippen LogP contribution is 2.36. The van der Waals surface area contributed by atoms with E-state index in [-0.39, 0.29) is 0 Å². The Morgan fingerprint density at radius 3 is 2.92 bits per heavy atom. The second kappa shape index (κ2) is 6.12. The van der Waals surface area contributed by atoms with Crippen molar-refractivity contribution in [1.29, 1.82) is 0 Å². The second-order valence-corrected chi connectivity index (χ2v) is 7.90. The Bertz CT molecular complexity index is 969. The van der Waals surface area contributed by atoms with Crippen LogP contribution >= 0.6 is 11.3 Å². The molecule has 5 rings (SSSR count). The van der Waals surface area contributed by atoms with Gasteiger partial charge in [-0.2, -0.15) is 0 Å². The van der Waals surface area contributed by atoms with Gasteiger partial charge in [0, 0.05) is 66.3 Å². The van der Waals surface area contributed by atoms with Crippen molar-refractivity contribution in [3.05, 3.63) is 46.7 Å². The number of hydrogen-bond acceptors (Lipinski definition) is 6. The average molecular weight is 368 g/mol. The maximum absolute atomic E-state index is 10.5. The van der Waals surface area contributed by atoms with Gasteiger partial charge >= 0.3 is 0 Å². The van der Waals surface area contributed by atoms with Gasteiger partial charge in [0.1, 0.15) is 5.75 Å². The van der Waals surface area contributed by atoms with Gasteiger partial charge in [-0.1, -0.05) is 0 Å². The number of anilines is 1. The van der Waals surface area contributed by atoms with Crippen LogP contribution in [0.25, 0.3) is 16.6 Å². The minimum atomic E-state index is -1.01. The van der Waals surface area contributed by atoms with Crippen molar-refractivity contribution in [3.8, 4) is 5.75 Å². The van der Waals surface area contributed by atoms with E-state index in [0.29, 0.717) is 11.3 Å². The lowest BCUT2D eigenvalue weighted by Gasteiger charge is -2.31. The Morgan fingerprint density at radius 1 is 1.27 bits per heavy atom. The smallest absolute Gasteiger partial charge is 0.226 e. The molecule has 0 amide bonds. The molecule has 134 valence electrons. The number of aliphatic hydroxyl groups is 1. The Morgan fingerprint density at radius 2 is 2.12 bits per heavy atom. The highest BCUT2D eigenvalue weighted by molar-refractivity contribution is 7.16. The van der Waals surface area contributed by atoms with E-state index in [1.165, 1.54) is 4.88 Å². The fourth-order valence-electron chi connectivity index (χ4n) is 3.54. The zero-order valence-corrected chi connectivity index (χ0v) is 15.3. The molecule has 0 aliphatic carbocycles. The van der Waals surface area contributed by atoms with Crippen LogP contribution in [0.3, 0.4) is 0 Å². The molecule has 2 aromatic heterocycles. The quantitative estimate of drug-likeness (QED) is 0.727. The van der Waals surface area contributed by atoms with Gasteiger partial charge in [-0.05, 0) is 25.1 Å². The third-order valence-corrected chi connectivity index (χ3v) is 5.77. The highest BCUT2D eigenvalue weighted by atomic mass is 32.1. The number of aromatic nitrogens is 2. The molecule has 4 heterocycles. The third kappa shape index (κ3) is 2.68. The van der Waals surface area contributed by atoms with Crippen molar-refractivity contribution in [2.75, 3.05) is 31.1 Å². The maximum atomic E-state index is 10.5. The maximum Gasteiger partial charge on any atom is 0.226 e. The van der Waals surface area contributed by atoms with Crippen molar-refractivity contribution in [3.63, 3.8) is 0 Å². The summed E-state index contributed by atoms with van der Waals surface area (Å²) in [6, 6.07) is 6.20. The molecule has 1 saturated heterocycles. The summed E-state index contributed by atoms with van der Waals surface area (Å²) in [7, 11) is 0. The van der Waals surface area contributed by atoms with E-state index in [1.54, 1.807) is 11.3 Å².